The third-order valence-corrected chi connectivity index (χ3v) is 2.75. The van der Waals surface area contributed by atoms with E-state index in [1.807, 2.05) is 13.0 Å². The molecule has 0 bridgehead atoms. The molecule has 0 saturated heterocycles. The van der Waals surface area contributed by atoms with E-state index in [4.69, 9.17) is 15.9 Å². The van der Waals surface area contributed by atoms with E-state index < -0.39 is 4.92 Å². The SMILES string of the molecule is Cc1cccc(C(=N)N)c1Oc1cccc([N+](=O)[O-])c1. The highest BCUT2D eigenvalue weighted by atomic mass is 16.6. The van der Waals surface area contributed by atoms with Gasteiger partial charge in [0.15, 0.2) is 0 Å². The van der Waals surface area contributed by atoms with Crippen LogP contribution in [0.15, 0.2) is 42.5 Å². The molecule has 2 rings (SSSR count). The molecule has 0 amide bonds. The van der Waals surface area contributed by atoms with Crippen LogP contribution in [0.2, 0.25) is 0 Å². The highest BCUT2D eigenvalue weighted by Crippen LogP contribution is 2.30. The van der Waals surface area contributed by atoms with E-state index in [1.165, 1.54) is 12.1 Å². The van der Waals surface area contributed by atoms with E-state index in [0.717, 1.165) is 5.56 Å². The summed E-state index contributed by atoms with van der Waals surface area (Å²) < 4.78 is 5.67. The molecule has 2 aromatic rings. The summed E-state index contributed by atoms with van der Waals surface area (Å²) in [5.41, 5.74) is 6.71. The summed E-state index contributed by atoms with van der Waals surface area (Å²) in [6.07, 6.45) is 0. The minimum atomic E-state index is -0.489. The lowest BCUT2D eigenvalue weighted by Gasteiger charge is -2.12. The normalized spacial score (nSPS) is 10.1. The van der Waals surface area contributed by atoms with Gasteiger partial charge in [-0.15, -0.1) is 0 Å². The molecule has 3 N–H and O–H groups in total. The molecule has 6 nitrogen and oxygen atoms in total. The van der Waals surface area contributed by atoms with Crippen LogP contribution in [0.5, 0.6) is 11.5 Å². The Morgan fingerprint density at radius 1 is 1.30 bits per heavy atom. The van der Waals surface area contributed by atoms with Gasteiger partial charge in [-0.3, -0.25) is 15.5 Å². The number of nitro benzene ring substituents is 1. The predicted molar refractivity (Wildman–Crippen MR) is 75.4 cm³/mol. The molecular formula is C14H13N3O3. The first kappa shape index (κ1) is 13.5. The molecule has 0 radical (unpaired) electrons. The number of nitrogens with two attached hydrogens (primary N) is 1. The van der Waals surface area contributed by atoms with Crippen molar-refractivity contribution < 1.29 is 9.66 Å². The molecule has 0 unspecified atom stereocenters. The van der Waals surface area contributed by atoms with Gasteiger partial charge in [-0.1, -0.05) is 18.2 Å². The Morgan fingerprint density at radius 2 is 2.00 bits per heavy atom. The Kier molecular flexibility index (Phi) is 3.65. The van der Waals surface area contributed by atoms with E-state index in [9.17, 15) is 10.1 Å². The molecule has 0 spiro atoms. The fourth-order valence-corrected chi connectivity index (χ4v) is 1.78. The van der Waals surface area contributed by atoms with E-state index in [0.29, 0.717) is 17.1 Å². The number of hydrogen-bond donors (Lipinski definition) is 2. The topological polar surface area (TPSA) is 102 Å². The summed E-state index contributed by atoms with van der Waals surface area (Å²) in [6.45, 7) is 1.82. The van der Waals surface area contributed by atoms with E-state index in [1.54, 1.807) is 24.3 Å². The number of ether oxygens (including phenoxy) is 1. The van der Waals surface area contributed by atoms with Crippen LogP contribution in [0.25, 0.3) is 0 Å². The molecule has 6 heteroatoms. The number of para-hydroxylation sites is 1. The summed E-state index contributed by atoms with van der Waals surface area (Å²) in [6, 6.07) is 11.1. The number of nitrogen functional groups attached to an aromatic ring is 1. The third kappa shape index (κ3) is 2.74. The molecular weight excluding hydrogens is 258 g/mol. The number of rotatable bonds is 4. The summed E-state index contributed by atoms with van der Waals surface area (Å²) in [7, 11) is 0. The van der Waals surface area contributed by atoms with Crippen molar-refractivity contribution in [1.29, 1.82) is 5.41 Å². The largest absolute Gasteiger partial charge is 0.456 e. The first-order valence-corrected chi connectivity index (χ1v) is 5.85. The van der Waals surface area contributed by atoms with Crippen LogP contribution in [-0.4, -0.2) is 10.8 Å². The molecule has 0 fully saturated rings. The van der Waals surface area contributed by atoms with Crippen LogP contribution in [-0.2, 0) is 0 Å². The number of nitrogens with zero attached hydrogens (tertiary/aromatic N) is 1. The lowest BCUT2D eigenvalue weighted by Crippen LogP contribution is -2.12. The zero-order valence-corrected chi connectivity index (χ0v) is 10.8. The van der Waals surface area contributed by atoms with Gasteiger partial charge in [0.1, 0.15) is 17.3 Å². The number of amidine groups is 1. The Balaban J connectivity index is 2.42. The molecule has 20 heavy (non-hydrogen) atoms. The zero-order chi connectivity index (χ0) is 14.7. The summed E-state index contributed by atoms with van der Waals surface area (Å²) in [5, 5.41) is 18.3. The number of nitro groups is 1. The number of aryl methyl sites for hydroxylation is 1. The highest BCUT2D eigenvalue weighted by molar-refractivity contribution is 5.98. The van der Waals surface area contributed by atoms with Gasteiger partial charge in [0.2, 0.25) is 0 Å². The van der Waals surface area contributed by atoms with Gasteiger partial charge < -0.3 is 10.5 Å². The van der Waals surface area contributed by atoms with Gasteiger partial charge in [-0.25, -0.2) is 0 Å². The van der Waals surface area contributed by atoms with Crippen molar-refractivity contribution in [3.8, 4) is 11.5 Å². The molecule has 0 aliphatic heterocycles. The number of non-ortho nitro benzene ring substituents is 1. The lowest BCUT2D eigenvalue weighted by molar-refractivity contribution is -0.384. The van der Waals surface area contributed by atoms with E-state index >= 15 is 0 Å². The van der Waals surface area contributed by atoms with Gasteiger partial charge in [0.25, 0.3) is 5.69 Å². The number of benzene rings is 2. The minimum absolute atomic E-state index is 0.0551. The quantitative estimate of drug-likeness (QED) is 0.386. The fourth-order valence-electron chi connectivity index (χ4n) is 1.78. The Hall–Kier alpha value is -2.89. The van der Waals surface area contributed by atoms with Gasteiger partial charge >= 0.3 is 0 Å². The molecule has 2 aromatic carbocycles. The van der Waals surface area contributed by atoms with Crippen LogP contribution in [0.4, 0.5) is 5.69 Å². The van der Waals surface area contributed by atoms with Crippen molar-refractivity contribution in [1.82, 2.24) is 0 Å². The maximum Gasteiger partial charge on any atom is 0.273 e. The first-order chi connectivity index (χ1) is 9.49. The summed E-state index contributed by atoms with van der Waals surface area (Å²) in [4.78, 5) is 10.3. The predicted octanol–water partition coefficient (Wildman–Crippen LogP) is 2.98. The van der Waals surface area contributed by atoms with Gasteiger partial charge in [-0.2, -0.15) is 0 Å². The van der Waals surface area contributed by atoms with Crippen LogP contribution in [0, 0.1) is 22.4 Å². The standard InChI is InChI=1S/C14H13N3O3/c1-9-4-2-7-12(14(15)16)13(9)20-11-6-3-5-10(8-11)17(18)19/h2-8H,1H3,(H3,15,16). The number of nitrogens with one attached hydrogen (secondary N) is 1. The van der Waals surface area contributed by atoms with Gasteiger partial charge in [-0.05, 0) is 24.6 Å². The monoisotopic (exact) mass is 271 g/mol. The summed E-state index contributed by atoms with van der Waals surface area (Å²) in [5.74, 6) is 0.644. The fraction of sp³-hybridized carbons (Fsp3) is 0.0714. The summed E-state index contributed by atoms with van der Waals surface area (Å²) >= 11 is 0. The average Bonchev–Trinajstić information content (AvgIpc) is 2.41. The first-order valence-electron chi connectivity index (χ1n) is 5.85. The smallest absolute Gasteiger partial charge is 0.273 e. The van der Waals surface area contributed by atoms with Crippen LogP contribution >= 0.6 is 0 Å². The van der Waals surface area contributed by atoms with Crippen molar-refractivity contribution >= 4 is 11.5 Å². The maximum atomic E-state index is 10.7. The Morgan fingerprint density at radius 3 is 2.65 bits per heavy atom. The van der Waals surface area contributed by atoms with Crippen molar-refractivity contribution in [2.75, 3.05) is 0 Å². The Labute approximate surface area is 115 Å². The average molecular weight is 271 g/mol. The molecule has 0 aliphatic carbocycles. The number of hydrogen-bond acceptors (Lipinski definition) is 4. The van der Waals surface area contributed by atoms with Gasteiger partial charge in [0.05, 0.1) is 16.6 Å². The molecule has 0 atom stereocenters. The van der Waals surface area contributed by atoms with Gasteiger partial charge in [0, 0.05) is 6.07 Å². The van der Waals surface area contributed by atoms with Crippen molar-refractivity contribution in [2.24, 2.45) is 5.73 Å². The molecule has 0 aromatic heterocycles. The molecule has 0 heterocycles. The molecule has 0 saturated carbocycles. The van der Waals surface area contributed by atoms with Crippen molar-refractivity contribution in [3.63, 3.8) is 0 Å². The van der Waals surface area contributed by atoms with E-state index in [2.05, 4.69) is 0 Å². The third-order valence-electron chi connectivity index (χ3n) is 2.75. The van der Waals surface area contributed by atoms with Crippen LogP contribution in [0.1, 0.15) is 11.1 Å². The minimum Gasteiger partial charge on any atom is -0.456 e. The highest BCUT2D eigenvalue weighted by Gasteiger charge is 2.12. The van der Waals surface area contributed by atoms with Crippen molar-refractivity contribution in [3.05, 3.63) is 63.7 Å². The van der Waals surface area contributed by atoms with E-state index in [-0.39, 0.29) is 11.5 Å². The van der Waals surface area contributed by atoms with Crippen molar-refractivity contribution in [2.45, 2.75) is 6.92 Å². The molecule has 102 valence electrons. The second-order valence-corrected chi connectivity index (χ2v) is 4.22. The lowest BCUT2D eigenvalue weighted by atomic mass is 10.1. The molecule has 0 aliphatic rings. The maximum absolute atomic E-state index is 10.7. The second kappa shape index (κ2) is 5.40. The van der Waals surface area contributed by atoms with Crippen LogP contribution in [0.3, 0.4) is 0 Å². The zero-order valence-electron chi connectivity index (χ0n) is 10.8. The van der Waals surface area contributed by atoms with Crippen LogP contribution < -0.4 is 10.5 Å². The second-order valence-electron chi connectivity index (χ2n) is 4.22. The Bertz CT molecular complexity index is 683.